The summed E-state index contributed by atoms with van der Waals surface area (Å²) in [6.45, 7) is 10.5. The zero-order valence-corrected chi connectivity index (χ0v) is 18.3. The Morgan fingerprint density at radius 1 is 1.30 bits per heavy atom. The van der Waals surface area contributed by atoms with Gasteiger partial charge in [-0.25, -0.2) is 14.5 Å². The van der Waals surface area contributed by atoms with Crippen LogP contribution in [0, 0.1) is 0 Å². The number of hydrogen-bond donors (Lipinski definition) is 2. The molecule has 0 saturated carbocycles. The van der Waals surface area contributed by atoms with Crippen LogP contribution >= 0.6 is 0 Å². The van der Waals surface area contributed by atoms with Gasteiger partial charge >= 0.3 is 6.09 Å². The highest BCUT2D eigenvalue weighted by Gasteiger charge is 2.27. The number of rotatable bonds is 5. The van der Waals surface area contributed by atoms with E-state index < -0.39 is 5.60 Å². The van der Waals surface area contributed by atoms with Gasteiger partial charge in [-0.2, -0.15) is 5.10 Å². The molecule has 1 aliphatic heterocycles. The van der Waals surface area contributed by atoms with Gasteiger partial charge in [0, 0.05) is 32.0 Å². The second kappa shape index (κ2) is 9.65. The Kier molecular flexibility index (Phi) is 6.97. The van der Waals surface area contributed by atoms with Crippen molar-refractivity contribution in [3.05, 3.63) is 48.3 Å². The summed E-state index contributed by atoms with van der Waals surface area (Å²) in [7, 11) is 0. The average molecular weight is 413 g/mol. The first-order valence-electron chi connectivity index (χ1n) is 10.5. The number of ether oxygens (including phenoxy) is 1. The lowest BCUT2D eigenvalue weighted by atomic mass is 10.2. The van der Waals surface area contributed by atoms with E-state index in [9.17, 15) is 4.79 Å². The van der Waals surface area contributed by atoms with Gasteiger partial charge < -0.3 is 20.3 Å². The molecule has 2 N–H and O–H groups in total. The zero-order chi connectivity index (χ0) is 21.6. The van der Waals surface area contributed by atoms with Gasteiger partial charge in [0.05, 0.1) is 18.3 Å². The van der Waals surface area contributed by atoms with Gasteiger partial charge in [-0.3, -0.25) is 0 Å². The molecule has 0 bridgehead atoms. The molecule has 1 saturated heterocycles. The van der Waals surface area contributed by atoms with Crippen molar-refractivity contribution in [3.63, 3.8) is 0 Å². The second-order valence-electron chi connectivity index (χ2n) is 8.33. The fraction of sp³-hybridized carbons (Fsp3) is 0.500. The van der Waals surface area contributed by atoms with Gasteiger partial charge in [0.2, 0.25) is 0 Å². The number of aromatic nitrogens is 2. The number of nitrogens with zero attached hydrogens (tertiary/aromatic N) is 4. The number of guanidine groups is 1. The monoisotopic (exact) mass is 412 g/mol. The number of amides is 1. The van der Waals surface area contributed by atoms with Crippen LogP contribution in [0.15, 0.2) is 47.7 Å². The molecule has 162 valence electrons. The van der Waals surface area contributed by atoms with Crippen molar-refractivity contribution in [3.8, 4) is 5.69 Å². The van der Waals surface area contributed by atoms with Gasteiger partial charge in [0.25, 0.3) is 0 Å². The van der Waals surface area contributed by atoms with Crippen LogP contribution in [0.25, 0.3) is 5.69 Å². The molecule has 2 aromatic rings. The van der Waals surface area contributed by atoms with Crippen LogP contribution in [0.2, 0.25) is 0 Å². The van der Waals surface area contributed by atoms with Crippen molar-refractivity contribution in [2.45, 2.75) is 52.3 Å². The lowest BCUT2D eigenvalue weighted by molar-refractivity contribution is 0.0507. The van der Waals surface area contributed by atoms with E-state index in [1.165, 1.54) is 0 Å². The molecular weight excluding hydrogens is 380 g/mol. The molecule has 1 atom stereocenters. The molecule has 3 rings (SSSR count). The van der Waals surface area contributed by atoms with Crippen LogP contribution in [0.1, 0.15) is 39.7 Å². The molecule has 1 aliphatic rings. The topological polar surface area (TPSA) is 83.8 Å². The third-order valence-electron chi connectivity index (χ3n) is 4.69. The number of hydrogen-bond acceptors (Lipinski definition) is 4. The number of carbonyl (C=O) groups is 1. The number of benzene rings is 1. The number of alkyl carbamates (subject to hydrolysis) is 1. The van der Waals surface area contributed by atoms with Gasteiger partial charge in [-0.1, -0.05) is 18.2 Å². The van der Waals surface area contributed by atoms with Crippen LogP contribution in [0.3, 0.4) is 0 Å². The van der Waals surface area contributed by atoms with Crippen LogP contribution in [-0.2, 0) is 11.3 Å². The number of aliphatic imine (C=N–C) groups is 1. The molecule has 1 aromatic heterocycles. The molecule has 0 aliphatic carbocycles. The summed E-state index contributed by atoms with van der Waals surface area (Å²) in [6.07, 6.45) is 4.19. The molecule has 8 nitrogen and oxygen atoms in total. The standard InChI is InChI=1S/C22H32N6O2/c1-5-23-20(27-14-11-18(16-27)26-21(29)30-22(2,3)4)24-15-17-9-6-7-10-19(17)28-13-8-12-25-28/h6-10,12-13,18H,5,11,14-16H2,1-4H3,(H,23,24)(H,26,29)/t18-/m1/s1. The predicted octanol–water partition coefficient (Wildman–Crippen LogP) is 2.94. The Labute approximate surface area is 178 Å². The lowest BCUT2D eigenvalue weighted by Crippen LogP contribution is -2.44. The first-order valence-corrected chi connectivity index (χ1v) is 10.5. The third kappa shape index (κ3) is 5.98. The third-order valence-corrected chi connectivity index (χ3v) is 4.69. The molecule has 2 heterocycles. The van der Waals surface area contributed by atoms with Crippen molar-refractivity contribution < 1.29 is 9.53 Å². The summed E-state index contributed by atoms with van der Waals surface area (Å²) in [5.74, 6) is 0.848. The smallest absolute Gasteiger partial charge is 0.407 e. The highest BCUT2D eigenvalue weighted by atomic mass is 16.6. The molecule has 1 aromatic carbocycles. The Hall–Kier alpha value is -3.03. The summed E-state index contributed by atoms with van der Waals surface area (Å²) < 4.78 is 7.23. The number of para-hydroxylation sites is 1. The van der Waals surface area contributed by atoms with Crippen LogP contribution in [0.5, 0.6) is 0 Å². The number of carbonyl (C=O) groups excluding carboxylic acids is 1. The van der Waals surface area contributed by atoms with E-state index in [0.29, 0.717) is 13.1 Å². The van der Waals surface area contributed by atoms with Gasteiger partial charge in [-0.15, -0.1) is 0 Å². The maximum Gasteiger partial charge on any atom is 0.407 e. The Bertz CT molecular complexity index is 857. The average Bonchev–Trinajstić information content (AvgIpc) is 3.36. The lowest BCUT2D eigenvalue weighted by Gasteiger charge is -2.23. The van der Waals surface area contributed by atoms with Gasteiger partial charge in [-0.05, 0) is 51.8 Å². The van der Waals surface area contributed by atoms with E-state index in [4.69, 9.17) is 9.73 Å². The van der Waals surface area contributed by atoms with E-state index in [1.54, 1.807) is 6.20 Å². The molecule has 1 amide bonds. The molecule has 1 fully saturated rings. The highest BCUT2D eigenvalue weighted by Crippen LogP contribution is 2.16. The quantitative estimate of drug-likeness (QED) is 0.583. The minimum absolute atomic E-state index is 0.0417. The number of nitrogens with one attached hydrogen (secondary N) is 2. The SMILES string of the molecule is CCNC(=NCc1ccccc1-n1cccn1)N1CC[C@@H](NC(=O)OC(C)(C)C)C1. The molecule has 0 radical (unpaired) electrons. The van der Waals surface area contributed by atoms with E-state index in [1.807, 2.05) is 55.9 Å². The fourth-order valence-corrected chi connectivity index (χ4v) is 3.41. The summed E-state index contributed by atoms with van der Waals surface area (Å²) in [4.78, 5) is 19.1. The van der Waals surface area contributed by atoms with Crippen LogP contribution < -0.4 is 10.6 Å². The first kappa shape index (κ1) is 21.7. The molecule has 0 spiro atoms. The van der Waals surface area contributed by atoms with Gasteiger partial charge in [0.15, 0.2) is 5.96 Å². The Morgan fingerprint density at radius 2 is 2.10 bits per heavy atom. The van der Waals surface area contributed by atoms with Crippen molar-refractivity contribution in [1.29, 1.82) is 0 Å². The van der Waals surface area contributed by atoms with Crippen molar-refractivity contribution in [2.24, 2.45) is 4.99 Å². The summed E-state index contributed by atoms with van der Waals surface area (Å²) >= 11 is 0. The fourth-order valence-electron chi connectivity index (χ4n) is 3.41. The van der Waals surface area contributed by atoms with E-state index in [2.05, 4.69) is 33.6 Å². The van der Waals surface area contributed by atoms with Crippen molar-refractivity contribution in [1.82, 2.24) is 25.3 Å². The summed E-state index contributed by atoms with van der Waals surface area (Å²) in [5, 5.41) is 10.7. The minimum atomic E-state index is -0.499. The maximum absolute atomic E-state index is 12.1. The molecular formula is C22H32N6O2. The van der Waals surface area contributed by atoms with E-state index in [0.717, 1.165) is 36.7 Å². The largest absolute Gasteiger partial charge is 0.444 e. The Balaban J connectivity index is 1.66. The van der Waals surface area contributed by atoms with E-state index >= 15 is 0 Å². The van der Waals surface area contributed by atoms with Crippen LogP contribution in [-0.4, -0.2) is 58.0 Å². The Morgan fingerprint density at radius 3 is 2.80 bits per heavy atom. The van der Waals surface area contributed by atoms with Gasteiger partial charge in [0.1, 0.15) is 5.60 Å². The van der Waals surface area contributed by atoms with E-state index in [-0.39, 0.29) is 12.1 Å². The zero-order valence-electron chi connectivity index (χ0n) is 18.3. The molecule has 30 heavy (non-hydrogen) atoms. The summed E-state index contributed by atoms with van der Waals surface area (Å²) in [5.41, 5.74) is 1.62. The maximum atomic E-state index is 12.1. The second-order valence-corrected chi connectivity index (χ2v) is 8.33. The highest BCUT2D eigenvalue weighted by molar-refractivity contribution is 5.80. The minimum Gasteiger partial charge on any atom is -0.444 e. The van der Waals surface area contributed by atoms with Crippen molar-refractivity contribution in [2.75, 3.05) is 19.6 Å². The molecule has 8 heteroatoms. The first-order chi connectivity index (χ1) is 14.4. The molecule has 0 unspecified atom stereocenters. The summed E-state index contributed by atoms with van der Waals surface area (Å²) in [6, 6.07) is 10.1. The normalized spacial score (nSPS) is 17.1. The predicted molar refractivity (Wildman–Crippen MR) is 118 cm³/mol. The number of likely N-dealkylation sites (tertiary alicyclic amines) is 1. The van der Waals surface area contributed by atoms with Crippen molar-refractivity contribution >= 4 is 12.1 Å². The van der Waals surface area contributed by atoms with Crippen LogP contribution in [0.4, 0.5) is 4.79 Å².